The van der Waals surface area contributed by atoms with E-state index in [1.165, 1.54) is 19.1 Å². The highest BCUT2D eigenvalue weighted by atomic mass is 35.5. The second-order valence-corrected chi connectivity index (χ2v) is 13.4. The van der Waals surface area contributed by atoms with E-state index in [9.17, 15) is 19.5 Å². The van der Waals surface area contributed by atoms with Crippen molar-refractivity contribution in [3.63, 3.8) is 0 Å². The van der Waals surface area contributed by atoms with Gasteiger partial charge in [-0.3, -0.25) is 19.3 Å². The zero-order valence-corrected chi connectivity index (χ0v) is 28.6. The van der Waals surface area contributed by atoms with Crippen LogP contribution in [0.15, 0.2) is 35.9 Å². The molecule has 1 aromatic rings. The number of carbonyl (C=O) groups excluding carboxylic acids is 3. The van der Waals surface area contributed by atoms with Gasteiger partial charge in [-0.05, 0) is 64.9 Å². The van der Waals surface area contributed by atoms with Gasteiger partial charge in [0.2, 0.25) is 11.8 Å². The summed E-state index contributed by atoms with van der Waals surface area (Å²) in [7, 11) is 8.07. The van der Waals surface area contributed by atoms with E-state index in [0.29, 0.717) is 17.9 Å². The van der Waals surface area contributed by atoms with E-state index < -0.39 is 53.6 Å². The number of anilines is 1. The van der Waals surface area contributed by atoms with Gasteiger partial charge in [-0.2, -0.15) is 0 Å². The molecule has 4 rings (SSSR count). The summed E-state index contributed by atoms with van der Waals surface area (Å²) in [4.78, 5) is 43.1. The average Bonchev–Trinajstić information content (AvgIpc) is 3.69. The second kappa shape index (κ2) is 14.0. The molecule has 0 saturated carbocycles. The number of likely N-dealkylation sites (N-methyl/N-ethyl adjacent to an activating group) is 1. The summed E-state index contributed by atoms with van der Waals surface area (Å²) in [6.45, 7) is 5.39. The van der Waals surface area contributed by atoms with E-state index in [2.05, 4.69) is 5.32 Å². The molecular weight excluding hydrogens is 616 g/mol. The Labute approximate surface area is 275 Å². The maximum Gasteiger partial charge on any atom is 0.323 e. The van der Waals surface area contributed by atoms with Gasteiger partial charge in [0.1, 0.15) is 40.7 Å². The number of nitrogens with zero attached hydrogens (tertiary/aromatic N) is 2. The molecule has 46 heavy (non-hydrogen) atoms. The molecule has 3 heterocycles. The lowest BCUT2D eigenvalue weighted by molar-refractivity contribution is -0.158. The Morgan fingerprint density at radius 1 is 1.26 bits per heavy atom. The van der Waals surface area contributed by atoms with E-state index in [1.807, 2.05) is 25.1 Å². The summed E-state index contributed by atoms with van der Waals surface area (Å²) < 4.78 is 23.3. The standard InChI is InChI=1S/C33H47ClN4O8/c1-18-10-9-11-24(44-8)33(42)17-21(15-26(39)36-33)29(35)30-32(3,46-30)25(45-31(41)19(2)37(4)5)16-27(40)38(6)22-13-20(12-18)14-23(43-7)28(22)34/h9-11,13-14,19,21,24-25,29-30,42H,12,15-17,35H2,1-8H3,(H,36,39)/b11-9+,18-10+/t19-,21-,24+,25-,29+,30-,32-,33-/m0/s1. The summed E-state index contributed by atoms with van der Waals surface area (Å²) in [6.07, 6.45) is 3.18. The van der Waals surface area contributed by atoms with E-state index in [0.717, 1.165) is 11.1 Å². The van der Waals surface area contributed by atoms with Crippen LogP contribution in [0.4, 0.5) is 5.69 Å². The van der Waals surface area contributed by atoms with Crippen LogP contribution >= 0.6 is 11.6 Å². The monoisotopic (exact) mass is 662 g/mol. The zero-order valence-electron chi connectivity index (χ0n) is 27.8. The topological polar surface area (TPSA) is 156 Å². The lowest BCUT2D eigenvalue weighted by Gasteiger charge is -2.42. The minimum atomic E-state index is -1.73. The number of amides is 2. The van der Waals surface area contributed by atoms with Crippen molar-refractivity contribution in [1.82, 2.24) is 10.2 Å². The molecular formula is C33H47ClN4O8. The molecule has 1 aromatic carbocycles. The summed E-state index contributed by atoms with van der Waals surface area (Å²) in [5.74, 6) is -1.38. The first kappa shape index (κ1) is 35.8. The van der Waals surface area contributed by atoms with Crippen molar-refractivity contribution in [2.24, 2.45) is 11.7 Å². The summed E-state index contributed by atoms with van der Waals surface area (Å²) >= 11 is 6.71. The predicted molar refractivity (Wildman–Crippen MR) is 174 cm³/mol. The van der Waals surface area contributed by atoms with Gasteiger partial charge in [-0.25, -0.2) is 0 Å². The first-order chi connectivity index (χ1) is 21.5. The lowest BCUT2D eigenvalue weighted by Crippen LogP contribution is -2.63. The van der Waals surface area contributed by atoms with Crippen molar-refractivity contribution >= 4 is 35.1 Å². The van der Waals surface area contributed by atoms with Gasteiger partial charge in [0.05, 0.1) is 19.2 Å². The second-order valence-electron chi connectivity index (χ2n) is 13.0. The number of hydrogen-bond acceptors (Lipinski definition) is 10. The number of nitrogens with one attached hydrogen (secondary N) is 1. The number of fused-ring (bicyclic) bond motifs is 5. The highest BCUT2D eigenvalue weighted by molar-refractivity contribution is 6.35. The van der Waals surface area contributed by atoms with E-state index >= 15 is 0 Å². The number of esters is 1. The van der Waals surface area contributed by atoms with Crippen LogP contribution in [0.2, 0.25) is 5.02 Å². The summed E-state index contributed by atoms with van der Waals surface area (Å²) in [5.41, 5.74) is 6.11. The average molecular weight is 663 g/mol. The van der Waals surface area contributed by atoms with Gasteiger partial charge in [-0.1, -0.05) is 35.4 Å². The van der Waals surface area contributed by atoms with E-state index in [1.54, 1.807) is 52.0 Å². The number of hydrogen-bond donors (Lipinski definition) is 3. The molecule has 0 spiro atoms. The van der Waals surface area contributed by atoms with E-state index in [4.69, 9.17) is 36.3 Å². The molecule has 0 radical (unpaired) electrons. The van der Waals surface area contributed by atoms with Crippen molar-refractivity contribution in [3.8, 4) is 5.75 Å². The fraction of sp³-hybridized carbons (Fsp3) is 0.606. The van der Waals surface area contributed by atoms with Crippen LogP contribution in [0.25, 0.3) is 0 Å². The number of carbonyl (C=O) groups is 3. The number of rotatable bonds is 5. The van der Waals surface area contributed by atoms with Crippen LogP contribution in [0, 0.1) is 5.92 Å². The highest BCUT2D eigenvalue weighted by Gasteiger charge is 2.64. The number of allylic oxidation sites excluding steroid dienone is 3. The Morgan fingerprint density at radius 3 is 2.59 bits per heavy atom. The minimum absolute atomic E-state index is 0.0539. The van der Waals surface area contributed by atoms with Crippen molar-refractivity contribution < 1.29 is 38.4 Å². The van der Waals surface area contributed by atoms with Crippen molar-refractivity contribution in [1.29, 1.82) is 0 Å². The van der Waals surface area contributed by atoms with Gasteiger partial charge in [0.25, 0.3) is 0 Å². The first-order valence-corrected chi connectivity index (χ1v) is 15.8. The first-order valence-electron chi connectivity index (χ1n) is 15.4. The van der Waals surface area contributed by atoms with Crippen LogP contribution < -0.4 is 20.7 Å². The number of aliphatic hydroxyl groups is 1. The van der Waals surface area contributed by atoms with Crippen molar-refractivity contribution in [2.45, 2.75) is 88.2 Å². The van der Waals surface area contributed by atoms with Gasteiger partial charge < -0.3 is 40.0 Å². The molecule has 254 valence electrons. The molecule has 12 nitrogen and oxygen atoms in total. The molecule has 4 bridgehead atoms. The molecule has 0 aliphatic carbocycles. The number of piperidine rings is 1. The molecule has 2 saturated heterocycles. The van der Waals surface area contributed by atoms with Gasteiger partial charge >= 0.3 is 5.97 Å². The molecule has 3 aliphatic heterocycles. The Morgan fingerprint density at radius 2 is 1.96 bits per heavy atom. The Bertz CT molecular complexity index is 1400. The normalized spacial score (nSPS) is 34.6. The lowest BCUT2D eigenvalue weighted by atomic mass is 9.78. The number of halogens is 1. The minimum Gasteiger partial charge on any atom is -0.495 e. The third-order valence-corrected chi connectivity index (χ3v) is 9.82. The number of methoxy groups -OCH3 is 2. The molecule has 0 aromatic heterocycles. The number of ether oxygens (including phenoxy) is 4. The summed E-state index contributed by atoms with van der Waals surface area (Å²) in [6, 6.07) is 2.30. The predicted octanol–water partition coefficient (Wildman–Crippen LogP) is 2.34. The molecule has 4 N–H and O–H groups in total. The largest absolute Gasteiger partial charge is 0.495 e. The Kier molecular flexibility index (Phi) is 10.9. The summed E-state index contributed by atoms with van der Waals surface area (Å²) in [5, 5.41) is 14.6. The van der Waals surface area contributed by atoms with E-state index in [-0.39, 0.29) is 36.1 Å². The zero-order chi connectivity index (χ0) is 34.1. The molecule has 13 heteroatoms. The SMILES string of the molecule is COc1cc2cc(c1Cl)N(C)C(=O)C[C@H](OC(=O)[C@H](C)N(C)C)[C@]1(C)O[C@H]1[C@H](N)[C@H]1CC(=O)N[C@](O)(C1)[C@H](OC)/C=C/C=C(\C)C2. The Balaban J connectivity index is 1.80. The quantitative estimate of drug-likeness (QED) is 0.316. The van der Waals surface area contributed by atoms with Crippen LogP contribution in [0.3, 0.4) is 0 Å². The molecule has 0 unspecified atom stereocenters. The number of epoxide rings is 1. The Hall–Kier alpha value is -3.00. The van der Waals surface area contributed by atoms with Crippen molar-refractivity contribution in [2.75, 3.05) is 40.3 Å². The molecule has 2 amide bonds. The highest BCUT2D eigenvalue weighted by Crippen LogP contribution is 2.47. The molecule has 2 fully saturated rings. The number of benzene rings is 1. The van der Waals surface area contributed by atoms with Crippen LogP contribution in [-0.4, -0.2) is 105 Å². The van der Waals surface area contributed by atoms with Crippen molar-refractivity contribution in [3.05, 3.63) is 46.5 Å². The van der Waals surface area contributed by atoms with Crippen LogP contribution in [0.5, 0.6) is 5.75 Å². The fourth-order valence-electron chi connectivity index (χ4n) is 6.23. The van der Waals surface area contributed by atoms with Gasteiger partial charge in [0, 0.05) is 33.0 Å². The number of nitrogens with two attached hydrogens (primary N) is 1. The smallest absolute Gasteiger partial charge is 0.323 e. The maximum atomic E-state index is 13.9. The van der Waals surface area contributed by atoms with Gasteiger partial charge in [-0.15, -0.1) is 0 Å². The maximum absolute atomic E-state index is 13.9. The fourth-order valence-corrected chi connectivity index (χ4v) is 6.54. The third-order valence-electron chi connectivity index (χ3n) is 9.44. The van der Waals surface area contributed by atoms with Crippen LogP contribution in [0.1, 0.15) is 45.6 Å². The van der Waals surface area contributed by atoms with Crippen LogP contribution in [-0.2, 0) is 35.0 Å². The van der Waals surface area contributed by atoms with Gasteiger partial charge in [0.15, 0.2) is 5.72 Å². The third kappa shape index (κ3) is 7.42. The molecule has 8 atom stereocenters. The molecule has 3 aliphatic rings.